The van der Waals surface area contributed by atoms with Crippen molar-refractivity contribution in [3.05, 3.63) is 68.2 Å². The van der Waals surface area contributed by atoms with Crippen molar-refractivity contribution in [2.24, 2.45) is 0 Å². The molecule has 25 heavy (non-hydrogen) atoms. The molecule has 0 fully saturated rings. The maximum atomic E-state index is 13.1. The van der Waals surface area contributed by atoms with Gasteiger partial charge in [0.2, 0.25) is 0 Å². The van der Waals surface area contributed by atoms with Gasteiger partial charge in [0.15, 0.2) is 0 Å². The molecule has 130 valence electrons. The first-order valence-electron chi connectivity index (χ1n) is 7.68. The van der Waals surface area contributed by atoms with Gasteiger partial charge in [-0.2, -0.15) is 0 Å². The highest BCUT2D eigenvalue weighted by Crippen LogP contribution is 2.32. The lowest BCUT2D eigenvalue weighted by Gasteiger charge is -2.12. The van der Waals surface area contributed by atoms with Crippen molar-refractivity contribution in [3.63, 3.8) is 0 Å². The molecule has 0 bridgehead atoms. The second-order valence-electron chi connectivity index (χ2n) is 6.05. The van der Waals surface area contributed by atoms with Crippen molar-refractivity contribution >= 4 is 58.9 Å². The molecule has 2 aromatic carbocycles. The largest absolute Gasteiger partial charge is 0.268 e. The highest BCUT2D eigenvalue weighted by molar-refractivity contribution is 9.28. The van der Waals surface area contributed by atoms with Gasteiger partial charge in [0, 0.05) is 11.6 Å². The molecule has 6 heteroatoms. The molecule has 0 aliphatic rings. The van der Waals surface area contributed by atoms with Gasteiger partial charge < -0.3 is 0 Å². The van der Waals surface area contributed by atoms with Crippen LogP contribution in [0.3, 0.4) is 0 Å². The minimum Gasteiger partial charge on any atom is -0.241 e. The Morgan fingerprint density at radius 1 is 1.00 bits per heavy atom. The summed E-state index contributed by atoms with van der Waals surface area (Å²) in [6, 6.07) is 10.8. The molecular formula is C19H17Br2NO2S. The zero-order valence-electron chi connectivity index (χ0n) is 14.0. The minimum absolute atomic E-state index is 0.286. The highest BCUT2D eigenvalue weighted by Gasteiger charge is 2.21. The van der Waals surface area contributed by atoms with Gasteiger partial charge >= 0.3 is 0 Å². The Morgan fingerprint density at radius 2 is 1.64 bits per heavy atom. The van der Waals surface area contributed by atoms with E-state index in [1.165, 1.54) is 3.97 Å². The Hall–Kier alpha value is -1.37. The number of aromatic nitrogens is 1. The normalized spacial score (nSPS) is 11.7. The first kappa shape index (κ1) is 18.4. The molecule has 3 nitrogen and oxygen atoms in total. The van der Waals surface area contributed by atoms with E-state index in [9.17, 15) is 8.42 Å². The van der Waals surface area contributed by atoms with Gasteiger partial charge in [-0.3, -0.25) is 0 Å². The van der Waals surface area contributed by atoms with E-state index in [1.807, 2.05) is 51.1 Å². The number of aryl methyl sites for hydroxylation is 3. The predicted molar refractivity (Wildman–Crippen MR) is 111 cm³/mol. The topological polar surface area (TPSA) is 39.1 Å². The van der Waals surface area contributed by atoms with E-state index >= 15 is 0 Å². The number of hydrogen-bond donors (Lipinski definition) is 0. The SMILES string of the molecule is Cc1ccc(S(=O)(=O)n2ccc3c(C=C(Br)Br)c(C)cc(C)c32)cc1. The Morgan fingerprint density at radius 3 is 2.24 bits per heavy atom. The van der Waals surface area contributed by atoms with E-state index < -0.39 is 10.0 Å². The Bertz CT molecular complexity index is 1090. The van der Waals surface area contributed by atoms with Crippen LogP contribution in [-0.2, 0) is 10.0 Å². The van der Waals surface area contributed by atoms with Gasteiger partial charge in [0.1, 0.15) is 0 Å². The third-order valence-corrected chi connectivity index (χ3v) is 6.35. The first-order valence-corrected chi connectivity index (χ1v) is 10.7. The van der Waals surface area contributed by atoms with E-state index in [4.69, 9.17) is 0 Å². The first-order chi connectivity index (χ1) is 11.7. The highest BCUT2D eigenvalue weighted by atomic mass is 79.9. The molecule has 0 unspecified atom stereocenters. The van der Waals surface area contributed by atoms with Crippen LogP contribution in [0.25, 0.3) is 17.0 Å². The van der Waals surface area contributed by atoms with Crippen molar-refractivity contribution in [1.29, 1.82) is 0 Å². The van der Waals surface area contributed by atoms with Crippen LogP contribution in [-0.4, -0.2) is 12.4 Å². The van der Waals surface area contributed by atoms with Crippen molar-refractivity contribution in [2.75, 3.05) is 0 Å². The molecule has 0 amide bonds. The van der Waals surface area contributed by atoms with Crippen LogP contribution in [0.2, 0.25) is 0 Å². The second kappa shape index (κ2) is 6.74. The quantitative estimate of drug-likeness (QED) is 0.466. The smallest absolute Gasteiger partial charge is 0.241 e. The molecule has 1 heterocycles. The zero-order chi connectivity index (χ0) is 18.4. The van der Waals surface area contributed by atoms with Gasteiger partial charge in [-0.25, -0.2) is 12.4 Å². The minimum atomic E-state index is -3.65. The van der Waals surface area contributed by atoms with E-state index in [-0.39, 0.29) is 4.90 Å². The third-order valence-electron chi connectivity index (χ3n) is 4.20. The van der Waals surface area contributed by atoms with E-state index in [0.717, 1.165) is 31.0 Å². The van der Waals surface area contributed by atoms with Crippen LogP contribution in [0, 0.1) is 20.8 Å². The summed E-state index contributed by atoms with van der Waals surface area (Å²) < 4.78 is 28.4. The Kier molecular flexibility index (Phi) is 4.97. The molecule has 0 saturated heterocycles. The van der Waals surface area contributed by atoms with Crippen molar-refractivity contribution in [1.82, 2.24) is 3.97 Å². The molecule has 0 N–H and O–H groups in total. The molecule has 3 rings (SSSR count). The molecular weight excluding hydrogens is 466 g/mol. The molecule has 1 aromatic heterocycles. The van der Waals surface area contributed by atoms with Crippen molar-refractivity contribution < 1.29 is 8.42 Å². The van der Waals surface area contributed by atoms with Crippen molar-refractivity contribution in [2.45, 2.75) is 25.7 Å². The summed E-state index contributed by atoms with van der Waals surface area (Å²) in [6.45, 7) is 5.89. The summed E-state index contributed by atoms with van der Waals surface area (Å²) in [5.41, 5.74) is 4.74. The Labute approximate surface area is 164 Å². The van der Waals surface area contributed by atoms with E-state index in [0.29, 0.717) is 5.52 Å². The maximum Gasteiger partial charge on any atom is 0.268 e. The van der Waals surface area contributed by atoms with Crippen LogP contribution in [0.5, 0.6) is 0 Å². The molecule has 0 spiro atoms. The summed E-state index contributed by atoms with van der Waals surface area (Å²) in [7, 11) is -3.65. The van der Waals surface area contributed by atoms with Crippen LogP contribution >= 0.6 is 31.9 Å². The van der Waals surface area contributed by atoms with Crippen LogP contribution in [0.1, 0.15) is 22.3 Å². The fourth-order valence-corrected chi connectivity index (χ4v) is 4.89. The lowest BCUT2D eigenvalue weighted by atomic mass is 10.0. The average molecular weight is 483 g/mol. The molecule has 0 aliphatic heterocycles. The third kappa shape index (κ3) is 3.35. The predicted octanol–water partition coefficient (Wildman–Crippen LogP) is 5.89. The molecule has 0 aliphatic carbocycles. The second-order valence-corrected chi connectivity index (χ2v) is 10.6. The molecule has 0 atom stereocenters. The van der Waals surface area contributed by atoms with Crippen molar-refractivity contribution in [3.8, 4) is 0 Å². The standard InChI is InChI=1S/C19H17Br2NO2S/c1-12-4-6-15(7-5-12)25(23,24)22-9-8-16-17(11-18(20)21)13(2)10-14(3)19(16)22/h4-11H,1-3H3. The number of nitrogens with zero attached hydrogens (tertiary/aromatic N) is 1. The van der Waals surface area contributed by atoms with E-state index in [1.54, 1.807) is 18.3 Å². The van der Waals surface area contributed by atoms with Crippen LogP contribution in [0.4, 0.5) is 0 Å². The molecule has 3 aromatic rings. The fraction of sp³-hybridized carbons (Fsp3) is 0.158. The van der Waals surface area contributed by atoms with Crippen LogP contribution in [0.15, 0.2) is 50.9 Å². The molecule has 0 radical (unpaired) electrons. The maximum absolute atomic E-state index is 13.1. The van der Waals surface area contributed by atoms with Gasteiger partial charge in [-0.05, 0) is 93.6 Å². The summed E-state index contributed by atoms with van der Waals surface area (Å²) in [5.74, 6) is 0. The Balaban J connectivity index is 2.32. The summed E-state index contributed by atoms with van der Waals surface area (Å²) in [4.78, 5) is 0.286. The summed E-state index contributed by atoms with van der Waals surface area (Å²) in [5, 5.41) is 0.907. The van der Waals surface area contributed by atoms with Gasteiger partial charge in [0.05, 0.1) is 13.8 Å². The van der Waals surface area contributed by atoms with Gasteiger partial charge in [0.25, 0.3) is 10.0 Å². The average Bonchev–Trinajstić information content (AvgIpc) is 2.98. The monoisotopic (exact) mass is 481 g/mol. The lowest BCUT2D eigenvalue weighted by molar-refractivity contribution is 0.589. The summed E-state index contributed by atoms with van der Waals surface area (Å²) in [6.07, 6.45) is 3.58. The van der Waals surface area contributed by atoms with E-state index in [2.05, 4.69) is 31.9 Å². The fourth-order valence-electron chi connectivity index (χ4n) is 3.03. The zero-order valence-corrected chi connectivity index (χ0v) is 18.0. The van der Waals surface area contributed by atoms with Gasteiger partial charge in [-0.15, -0.1) is 0 Å². The lowest BCUT2D eigenvalue weighted by Crippen LogP contribution is -2.12. The molecule has 0 saturated carbocycles. The van der Waals surface area contributed by atoms with Gasteiger partial charge in [-0.1, -0.05) is 23.8 Å². The summed E-state index contributed by atoms with van der Waals surface area (Å²) >= 11 is 6.78. The number of rotatable bonds is 3. The number of hydrogen-bond acceptors (Lipinski definition) is 2. The van der Waals surface area contributed by atoms with Crippen LogP contribution < -0.4 is 0 Å². The number of halogens is 2. The number of benzene rings is 2. The number of fused-ring (bicyclic) bond motifs is 1.